The van der Waals surface area contributed by atoms with Crippen LogP contribution in [0.1, 0.15) is 11.3 Å². The number of nitrogens with zero attached hydrogens (tertiary/aromatic N) is 1. The molecule has 0 spiro atoms. The van der Waals surface area contributed by atoms with Crippen molar-refractivity contribution in [2.75, 3.05) is 0 Å². The number of halogens is 2. The lowest BCUT2D eigenvalue weighted by Gasteiger charge is -2.10. The molecule has 1 heterocycles. The summed E-state index contributed by atoms with van der Waals surface area (Å²) < 4.78 is 32.8. The summed E-state index contributed by atoms with van der Waals surface area (Å²) in [6.45, 7) is 1.68. The highest BCUT2D eigenvalue weighted by atomic mass is 32.1. The van der Waals surface area contributed by atoms with Gasteiger partial charge in [-0.25, -0.2) is 8.78 Å². The number of thiocarbonyl (C=S) groups is 1. The minimum absolute atomic E-state index is 0.0816. The molecule has 0 aliphatic heterocycles. The first-order chi connectivity index (χ1) is 8.99. The molecular weight excluding hydrogens is 270 g/mol. The van der Waals surface area contributed by atoms with E-state index in [4.69, 9.17) is 10.5 Å². The summed E-state index contributed by atoms with van der Waals surface area (Å²) in [4.78, 5) is 3.89. The van der Waals surface area contributed by atoms with Gasteiger partial charge in [0.05, 0.1) is 5.69 Å². The lowest BCUT2D eigenvalue weighted by molar-refractivity contribution is 0.403. The van der Waals surface area contributed by atoms with Crippen LogP contribution in [0.5, 0.6) is 11.5 Å². The maximum atomic E-state index is 13.8. The largest absolute Gasteiger partial charge is 0.449 e. The van der Waals surface area contributed by atoms with Gasteiger partial charge >= 0.3 is 0 Å². The second-order valence-electron chi connectivity index (χ2n) is 3.82. The van der Waals surface area contributed by atoms with Gasteiger partial charge in [-0.3, -0.25) is 4.98 Å². The molecule has 6 heteroatoms. The van der Waals surface area contributed by atoms with Crippen LogP contribution in [0.25, 0.3) is 0 Å². The van der Waals surface area contributed by atoms with Gasteiger partial charge in [0.25, 0.3) is 0 Å². The molecule has 3 nitrogen and oxygen atoms in total. The predicted octanol–water partition coefficient (Wildman–Crippen LogP) is 3.09. The summed E-state index contributed by atoms with van der Waals surface area (Å²) in [7, 11) is 0. The molecule has 1 aromatic heterocycles. The molecule has 98 valence electrons. The second-order valence-corrected chi connectivity index (χ2v) is 4.26. The van der Waals surface area contributed by atoms with Crippen molar-refractivity contribution in [3.8, 4) is 11.5 Å². The van der Waals surface area contributed by atoms with Gasteiger partial charge in [0.1, 0.15) is 10.7 Å². The van der Waals surface area contributed by atoms with Crippen LogP contribution in [-0.2, 0) is 0 Å². The van der Waals surface area contributed by atoms with E-state index in [2.05, 4.69) is 17.2 Å². The molecule has 2 rings (SSSR count). The molecule has 0 fully saturated rings. The maximum Gasteiger partial charge on any atom is 0.198 e. The topological polar surface area (TPSA) is 48.1 Å². The van der Waals surface area contributed by atoms with Crippen LogP contribution in [0, 0.1) is 18.6 Å². The summed E-state index contributed by atoms with van der Waals surface area (Å²) in [6.07, 6.45) is 1.56. The number of hydrogen-bond acceptors (Lipinski definition) is 3. The van der Waals surface area contributed by atoms with Crippen LogP contribution < -0.4 is 10.5 Å². The molecule has 0 unspecified atom stereocenters. The lowest BCUT2D eigenvalue weighted by atomic mass is 10.2. The van der Waals surface area contributed by atoms with Crippen molar-refractivity contribution in [3.05, 3.63) is 53.4 Å². The van der Waals surface area contributed by atoms with Gasteiger partial charge in [-0.1, -0.05) is 12.2 Å². The van der Waals surface area contributed by atoms with Gasteiger partial charge in [0.15, 0.2) is 17.4 Å². The molecular formula is C13H10F2N2OS. The summed E-state index contributed by atoms with van der Waals surface area (Å²) >= 11 is 4.67. The molecule has 2 aromatic rings. The highest BCUT2D eigenvalue weighted by Gasteiger charge is 2.15. The fourth-order valence-corrected chi connectivity index (χ4v) is 1.60. The van der Waals surface area contributed by atoms with Crippen molar-refractivity contribution in [3.63, 3.8) is 0 Å². The van der Waals surface area contributed by atoms with Crippen molar-refractivity contribution in [2.45, 2.75) is 6.92 Å². The minimum Gasteiger partial charge on any atom is -0.449 e. The maximum absolute atomic E-state index is 13.8. The van der Waals surface area contributed by atoms with Crippen LogP contribution in [0.2, 0.25) is 0 Å². The number of aromatic nitrogens is 1. The quantitative estimate of drug-likeness (QED) is 0.878. The monoisotopic (exact) mass is 280 g/mol. The molecule has 0 amide bonds. The highest BCUT2D eigenvalue weighted by molar-refractivity contribution is 7.80. The zero-order chi connectivity index (χ0) is 14.0. The van der Waals surface area contributed by atoms with E-state index in [0.717, 1.165) is 12.1 Å². The molecule has 2 N–H and O–H groups in total. The van der Waals surface area contributed by atoms with Crippen molar-refractivity contribution >= 4 is 17.2 Å². The second kappa shape index (κ2) is 5.27. The SMILES string of the molecule is Cc1ncccc1Oc1c(F)cc(C(N)=S)cc1F. The van der Waals surface area contributed by atoms with Gasteiger partial charge in [-0.15, -0.1) is 0 Å². The molecule has 19 heavy (non-hydrogen) atoms. The third-order valence-electron chi connectivity index (χ3n) is 2.45. The fourth-order valence-electron chi connectivity index (χ4n) is 1.49. The first-order valence-corrected chi connectivity index (χ1v) is 5.78. The van der Waals surface area contributed by atoms with E-state index < -0.39 is 17.4 Å². The van der Waals surface area contributed by atoms with Gasteiger partial charge < -0.3 is 10.5 Å². The van der Waals surface area contributed by atoms with Crippen molar-refractivity contribution in [1.29, 1.82) is 0 Å². The summed E-state index contributed by atoms with van der Waals surface area (Å²) in [6, 6.07) is 5.25. The summed E-state index contributed by atoms with van der Waals surface area (Å²) in [5.41, 5.74) is 5.96. The van der Waals surface area contributed by atoms with Crippen LogP contribution in [0.15, 0.2) is 30.5 Å². The highest BCUT2D eigenvalue weighted by Crippen LogP contribution is 2.29. The van der Waals surface area contributed by atoms with E-state index in [9.17, 15) is 8.78 Å². The first kappa shape index (κ1) is 13.4. The Hall–Kier alpha value is -2.08. The van der Waals surface area contributed by atoms with Gasteiger partial charge in [-0.05, 0) is 31.2 Å². The average molecular weight is 280 g/mol. The number of aryl methyl sites for hydroxylation is 1. The third kappa shape index (κ3) is 2.85. The van der Waals surface area contributed by atoms with E-state index >= 15 is 0 Å². The summed E-state index contributed by atoms with van der Waals surface area (Å²) in [5, 5.41) is 0. The molecule has 0 saturated heterocycles. The third-order valence-corrected chi connectivity index (χ3v) is 2.69. The van der Waals surface area contributed by atoms with Crippen LogP contribution in [0.4, 0.5) is 8.78 Å². The van der Waals surface area contributed by atoms with E-state index in [-0.39, 0.29) is 16.3 Å². The lowest BCUT2D eigenvalue weighted by Crippen LogP contribution is -2.10. The Kier molecular flexibility index (Phi) is 3.71. The Morgan fingerprint density at radius 3 is 2.47 bits per heavy atom. The van der Waals surface area contributed by atoms with Crippen molar-refractivity contribution < 1.29 is 13.5 Å². The van der Waals surface area contributed by atoms with Crippen molar-refractivity contribution in [1.82, 2.24) is 4.98 Å². The zero-order valence-electron chi connectivity index (χ0n) is 9.98. The molecule has 0 atom stereocenters. The zero-order valence-corrected chi connectivity index (χ0v) is 10.8. The Morgan fingerprint density at radius 2 is 1.95 bits per heavy atom. The Morgan fingerprint density at radius 1 is 1.32 bits per heavy atom. The van der Waals surface area contributed by atoms with E-state index in [1.165, 1.54) is 0 Å². The summed E-state index contributed by atoms with van der Waals surface area (Å²) in [5.74, 6) is -1.96. The number of ether oxygens (including phenoxy) is 1. The van der Waals surface area contributed by atoms with Gasteiger partial charge in [0.2, 0.25) is 0 Å². The molecule has 0 aliphatic carbocycles. The van der Waals surface area contributed by atoms with Crippen LogP contribution in [0.3, 0.4) is 0 Å². The van der Waals surface area contributed by atoms with Crippen molar-refractivity contribution in [2.24, 2.45) is 5.73 Å². The number of hydrogen-bond donors (Lipinski definition) is 1. The Balaban J connectivity index is 2.42. The van der Waals surface area contributed by atoms with E-state index in [1.54, 1.807) is 25.3 Å². The number of nitrogens with two attached hydrogens (primary N) is 1. The number of benzene rings is 1. The van der Waals surface area contributed by atoms with Gasteiger partial charge in [0, 0.05) is 11.8 Å². The Bertz CT molecular complexity index is 623. The normalized spacial score (nSPS) is 10.3. The number of pyridine rings is 1. The van der Waals surface area contributed by atoms with E-state index in [1.807, 2.05) is 0 Å². The molecule has 0 aliphatic rings. The number of rotatable bonds is 3. The molecule has 0 bridgehead atoms. The van der Waals surface area contributed by atoms with E-state index in [0.29, 0.717) is 5.69 Å². The first-order valence-electron chi connectivity index (χ1n) is 5.37. The smallest absolute Gasteiger partial charge is 0.198 e. The average Bonchev–Trinajstić information content (AvgIpc) is 2.35. The predicted molar refractivity (Wildman–Crippen MR) is 71.3 cm³/mol. The molecule has 1 aromatic carbocycles. The van der Waals surface area contributed by atoms with Gasteiger partial charge in [-0.2, -0.15) is 0 Å². The fraction of sp³-hybridized carbons (Fsp3) is 0.0769. The molecule has 0 radical (unpaired) electrons. The Labute approximate surface area is 114 Å². The standard InChI is InChI=1S/C13H10F2N2OS/c1-7-11(3-2-4-17-7)18-12-9(14)5-8(13(16)19)6-10(12)15/h2-6H,1H3,(H2,16,19). The minimum atomic E-state index is -0.869. The van der Waals surface area contributed by atoms with Crippen LogP contribution >= 0.6 is 12.2 Å². The van der Waals surface area contributed by atoms with Crippen LogP contribution in [-0.4, -0.2) is 9.97 Å². The molecule has 0 saturated carbocycles.